The summed E-state index contributed by atoms with van der Waals surface area (Å²) in [6.45, 7) is 3.70. The molecule has 1 aliphatic rings. The van der Waals surface area contributed by atoms with Gasteiger partial charge in [0.05, 0.1) is 6.04 Å². The molecule has 19 heavy (non-hydrogen) atoms. The number of nitrogens with two attached hydrogens (primary N) is 1. The van der Waals surface area contributed by atoms with Crippen LogP contribution >= 0.6 is 0 Å². The molecule has 3 atom stereocenters. The van der Waals surface area contributed by atoms with Crippen LogP contribution in [0.5, 0.6) is 0 Å². The molecule has 7 heteroatoms. The highest BCUT2D eigenvalue weighted by atomic mass is 19.4. The van der Waals surface area contributed by atoms with Crippen molar-refractivity contribution in [3.05, 3.63) is 0 Å². The van der Waals surface area contributed by atoms with E-state index >= 15 is 0 Å². The van der Waals surface area contributed by atoms with E-state index in [-0.39, 0.29) is 6.04 Å². The predicted molar refractivity (Wildman–Crippen MR) is 66.5 cm³/mol. The summed E-state index contributed by atoms with van der Waals surface area (Å²) in [4.78, 5) is 13.6. The SMILES string of the molecule is CCC1CN(C(C)C(=O)NCC(F)(F)F)CCC1N. The Balaban J connectivity index is 2.48. The molecule has 0 saturated carbocycles. The second kappa shape index (κ2) is 6.56. The van der Waals surface area contributed by atoms with Crippen molar-refractivity contribution in [2.75, 3.05) is 19.6 Å². The van der Waals surface area contributed by atoms with Crippen LogP contribution in [0.2, 0.25) is 0 Å². The van der Waals surface area contributed by atoms with Crippen LogP contribution in [0.1, 0.15) is 26.7 Å². The van der Waals surface area contributed by atoms with Crippen LogP contribution in [-0.4, -0.2) is 48.7 Å². The lowest BCUT2D eigenvalue weighted by molar-refractivity contribution is -0.141. The molecule has 1 saturated heterocycles. The average Bonchev–Trinajstić information content (AvgIpc) is 2.34. The Hall–Kier alpha value is -0.820. The highest BCUT2D eigenvalue weighted by molar-refractivity contribution is 5.81. The van der Waals surface area contributed by atoms with Crippen LogP contribution in [0.4, 0.5) is 13.2 Å². The summed E-state index contributed by atoms with van der Waals surface area (Å²) in [6, 6.07) is -0.435. The fraction of sp³-hybridized carbons (Fsp3) is 0.917. The number of nitrogens with zero attached hydrogens (tertiary/aromatic N) is 1. The van der Waals surface area contributed by atoms with Gasteiger partial charge in [0.15, 0.2) is 0 Å². The Labute approximate surface area is 111 Å². The van der Waals surface area contributed by atoms with E-state index in [1.807, 2.05) is 17.1 Å². The summed E-state index contributed by atoms with van der Waals surface area (Å²) >= 11 is 0. The van der Waals surface area contributed by atoms with Gasteiger partial charge in [0.2, 0.25) is 5.91 Å². The van der Waals surface area contributed by atoms with E-state index in [1.165, 1.54) is 0 Å². The Kier molecular flexibility index (Phi) is 5.61. The fourth-order valence-corrected chi connectivity index (χ4v) is 2.36. The molecule has 0 aromatic heterocycles. The van der Waals surface area contributed by atoms with E-state index in [1.54, 1.807) is 6.92 Å². The number of piperidine rings is 1. The molecule has 0 aliphatic carbocycles. The lowest BCUT2D eigenvalue weighted by atomic mass is 9.90. The maximum absolute atomic E-state index is 12.0. The molecule has 0 spiro atoms. The van der Waals surface area contributed by atoms with Crippen molar-refractivity contribution in [2.45, 2.75) is 44.9 Å². The van der Waals surface area contributed by atoms with E-state index in [2.05, 4.69) is 0 Å². The summed E-state index contributed by atoms with van der Waals surface area (Å²) in [5, 5.41) is 1.93. The van der Waals surface area contributed by atoms with E-state index in [4.69, 9.17) is 5.73 Å². The number of rotatable bonds is 4. The average molecular weight is 281 g/mol. The molecule has 112 valence electrons. The third-order valence-electron chi connectivity index (χ3n) is 3.74. The molecule has 3 unspecified atom stereocenters. The zero-order chi connectivity index (χ0) is 14.6. The van der Waals surface area contributed by atoms with Gasteiger partial charge in [0, 0.05) is 19.1 Å². The van der Waals surface area contributed by atoms with E-state index in [0.717, 1.165) is 12.8 Å². The number of amides is 1. The molecule has 1 fully saturated rings. The maximum Gasteiger partial charge on any atom is 0.405 e. The number of alkyl halides is 3. The topological polar surface area (TPSA) is 58.4 Å². The fourth-order valence-electron chi connectivity index (χ4n) is 2.36. The van der Waals surface area contributed by atoms with Gasteiger partial charge in [-0.3, -0.25) is 9.69 Å². The van der Waals surface area contributed by atoms with Crippen molar-refractivity contribution >= 4 is 5.91 Å². The van der Waals surface area contributed by atoms with Crippen LogP contribution in [0.3, 0.4) is 0 Å². The third-order valence-corrected chi connectivity index (χ3v) is 3.74. The van der Waals surface area contributed by atoms with Crippen molar-refractivity contribution < 1.29 is 18.0 Å². The molecular formula is C12H22F3N3O. The normalized spacial score (nSPS) is 27.1. The third kappa shape index (κ3) is 4.99. The van der Waals surface area contributed by atoms with Gasteiger partial charge in [0.1, 0.15) is 6.54 Å². The van der Waals surface area contributed by atoms with Gasteiger partial charge in [-0.2, -0.15) is 13.2 Å². The van der Waals surface area contributed by atoms with Crippen molar-refractivity contribution in [3.63, 3.8) is 0 Å². The van der Waals surface area contributed by atoms with Crippen LogP contribution in [0, 0.1) is 5.92 Å². The first kappa shape index (κ1) is 16.2. The molecule has 4 nitrogen and oxygen atoms in total. The largest absolute Gasteiger partial charge is 0.405 e. The molecule has 0 bridgehead atoms. The number of carbonyl (C=O) groups excluding carboxylic acids is 1. The summed E-state index contributed by atoms with van der Waals surface area (Å²) in [5.74, 6) is -0.283. The number of nitrogens with one attached hydrogen (secondary N) is 1. The summed E-state index contributed by atoms with van der Waals surface area (Å²) < 4.78 is 36.1. The van der Waals surface area contributed by atoms with Gasteiger partial charge in [-0.05, 0) is 19.3 Å². The van der Waals surface area contributed by atoms with Gasteiger partial charge < -0.3 is 11.1 Å². The second-order valence-electron chi connectivity index (χ2n) is 5.12. The van der Waals surface area contributed by atoms with E-state index in [0.29, 0.717) is 19.0 Å². The van der Waals surface area contributed by atoms with Crippen molar-refractivity contribution in [3.8, 4) is 0 Å². The van der Waals surface area contributed by atoms with Crippen LogP contribution in [0.25, 0.3) is 0 Å². The maximum atomic E-state index is 12.0. The van der Waals surface area contributed by atoms with Gasteiger partial charge in [-0.15, -0.1) is 0 Å². The van der Waals surface area contributed by atoms with Crippen molar-refractivity contribution in [1.29, 1.82) is 0 Å². The number of halogens is 3. The minimum Gasteiger partial charge on any atom is -0.346 e. The first-order valence-electron chi connectivity index (χ1n) is 6.58. The Morgan fingerprint density at radius 3 is 2.68 bits per heavy atom. The molecule has 1 heterocycles. The minimum atomic E-state index is -4.37. The Morgan fingerprint density at radius 2 is 2.16 bits per heavy atom. The lowest BCUT2D eigenvalue weighted by Crippen LogP contribution is -2.54. The summed E-state index contributed by atoms with van der Waals surface area (Å²) in [6.07, 6.45) is -2.68. The van der Waals surface area contributed by atoms with Crippen LogP contribution in [0.15, 0.2) is 0 Å². The molecule has 1 aliphatic heterocycles. The Bertz CT molecular complexity index is 309. The quantitative estimate of drug-likeness (QED) is 0.811. The molecule has 0 aromatic rings. The van der Waals surface area contributed by atoms with E-state index in [9.17, 15) is 18.0 Å². The molecule has 1 amide bonds. The molecule has 1 rings (SSSR count). The van der Waals surface area contributed by atoms with Gasteiger partial charge in [-0.25, -0.2) is 0 Å². The van der Waals surface area contributed by atoms with Crippen LogP contribution < -0.4 is 11.1 Å². The Morgan fingerprint density at radius 1 is 1.53 bits per heavy atom. The lowest BCUT2D eigenvalue weighted by Gasteiger charge is -2.39. The molecular weight excluding hydrogens is 259 g/mol. The number of carbonyl (C=O) groups is 1. The second-order valence-corrected chi connectivity index (χ2v) is 5.12. The smallest absolute Gasteiger partial charge is 0.346 e. The van der Waals surface area contributed by atoms with Gasteiger partial charge >= 0.3 is 6.18 Å². The highest BCUT2D eigenvalue weighted by Gasteiger charge is 2.33. The molecule has 3 N–H and O–H groups in total. The monoisotopic (exact) mass is 281 g/mol. The standard InChI is InChI=1S/C12H22F3N3O/c1-3-9-6-18(5-4-10(9)16)8(2)11(19)17-7-12(13,14)15/h8-10H,3-7,16H2,1-2H3,(H,17,19). The molecule has 0 radical (unpaired) electrons. The van der Waals surface area contributed by atoms with Crippen molar-refractivity contribution in [1.82, 2.24) is 10.2 Å². The number of hydrogen-bond donors (Lipinski definition) is 2. The highest BCUT2D eigenvalue weighted by Crippen LogP contribution is 2.20. The summed E-state index contributed by atoms with van der Waals surface area (Å²) in [5.41, 5.74) is 5.97. The van der Waals surface area contributed by atoms with Crippen molar-refractivity contribution in [2.24, 2.45) is 11.7 Å². The molecule has 0 aromatic carbocycles. The van der Waals surface area contributed by atoms with Gasteiger partial charge in [-0.1, -0.05) is 13.3 Å². The first-order chi connectivity index (χ1) is 8.74. The zero-order valence-electron chi connectivity index (χ0n) is 11.3. The minimum absolute atomic E-state index is 0.117. The number of likely N-dealkylation sites (tertiary alicyclic amines) is 1. The first-order valence-corrected chi connectivity index (χ1v) is 6.58. The predicted octanol–water partition coefficient (Wildman–Crippen LogP) is 1.11. The zero-order valence-corrected chi connectivity index (χ0v) is 11.3. The van der Waals surface area contributed by atoms with E-state index < -0.39 is 24.7 Å². The van der Waals surface area contributed by atoms with Crippen LogP contribution in [-0.2, 0) is 4.79 Å². The number of hydrogen-bond acceptors (Lipinski definition) is 3. The van der Waals surface area contributed by atoms with Gasteiger partial charge in [0.25, 0.3) is 0 Å². The summed E-state index contributed by atoms with van der Waals surface area (Å²) in [7, 11) is 0.